The van der Waals surface area contributed by atoms with E-state index in [-0.39, 0.29) is 9.95 Å². The lowest BCUT2D eigenvalue weighted by atomic mass is 10.2. The van der Waals surface area contributed by atoms with Crippen molar-refractivity contribution in [3.05, 3.63) is 50.9 Å². The molecule has 0 unspecified atom stereocenters. The summed E-state index contributed by atoms with van der Waals surface area (Å²) in [6.07, 6.45) is 5.00. The van der Waals surface area contributed by atoms with E-state index >= 15 is 0 Å². The van der Waals surface area contributed by atoms with Crippen LogP contribution in [0, 0.1) is 10.1 Å². The van der Waals surface area contributed by atoms with Crippen molar-refractivity contribution in [3.8, 4) is 0 Å². The lowest BCUT2D eigenvalue weighted by molar-refractivity contribution is -0.410. The maximum absolute atomic E-state index is 10.6. The summed E-state index contributed by atoms with van der Waals surface area (Å²) < 4.78 is 0. The largest absolute Gasteiger partial charge is 0.384 e. The van der Waals surface area contributed by atoms with Crippen LogP contribution in [0.15, 0.2) is 29.6 Å². The zero-order valence-corrected chi connectivity index (χ0v) is 14.7. The van der Waals surface area contributed by atoms with Gasteiger partial charge in [-0.1, -0.05) is 11.8 Å². The van der Waals surface area contributed by atoms with Crippen LogP contribution >= 0.6 is 23.5 Å². The molecule has 1 N–H and O–H groups in total. The van der Waals surface area contributed by atoms with Gasteiger partial charge in [0.25, 0.3) is 0 Å². The van der Waals surface area contributed by atoms with Crippen LogP contribution < -0.4 is 5.32 Å². The number of pyridine rings is 1. The van der Waals surface area contributed by atoms with Crippen LogP contribution in [-0.2, 0) is 12.3 Å². The second-order valence-electron chi connectivity index (χ2n) is 4.84. The van der Waals surface area contributed by atoms with Gasteiger partial charge in [-0.15, -0.1) is 0 Å². The normalized spacial score (nSPS) is 11.7. The molecule has 0 amide bonds. The molecule has 0 fully saturated rings. The van der Waals surface area contributed by atoms with Gasteiger partial charge in [0.15, 0.2) is 0 Å². The summed E-state index contributed by atoms with van der Waals surface area (Å²) >= 11 is 2.88. The third-order valence-electron chi connectivity index (χ3n) is 2.64. The van der Waals surface area contributed by atoms with Crippen LogP contribution in [-0.4, -0.2) is 47.5 Å². The Kier molecular flexibility index (Phi) is 8.95. The smallest absolute Gasteiger partial charge is 0.318 e. The first kappa shape index (κ1) is 18.8. The second-order valence-corrected chi connectivity index (χ2v) is 6.78. The Morgan fingerprint density at radius 1 is 1.55 bits per heavy atom. The van der Waals surface area contributed by atoms with E-state index < -0.39 is 0 Å². The van der Waals surface area contributed by atoms with Gasteiger partial charge < -0.3 is 10.2 Å². The van der Waals surface area contributed by atoms with Crippen molar-refractivity contribution in [1.82, 2.24) is 15.2 Å². The van der Waals surface area contributed by atoms with Gasteiger partial charge in [0.2, 0.25) is 0 Å². The monoisotopic (exact) mass is 342 g/mol. The Morgan fingerprint density at radius 2 is 2.32 bits per heavy atom. The molecule has 6 nitrogen and oxygen atoms in total. The van der Waals surface area contributed by atoms with Gasteiger partial charge >= 0.3 is 5.03 Å². The highest BCUT2D eigenvalue weighted by Crippen LogP contribution is 2.12. The molecule has 1 aromatic heterocycles. The highest BCUT2D eigenvalue weighted by molar-refractivity contribution is 8.02. The van der Waals surface area contributed by atoms with Gasteiger partial charge in [0, 0.05) is 30.8 Å². The molecule has 122 valence electrons. The highest BCUT2D eigenvalue weighted by atomic mass is 32.2. The van der Waals surface area contributed by atoms with Crippen LogP contribution in [0.3, 0.4) is 0 Å². The molecule has 0 aliphatic rings. The van der Waals surface area contributed by atoms with E-state index in [1.54, 1.807) is 18.0 Å². The average molecular weight is 342 g/mol. The summed E-state index contributed by atoms with van der Waals surface area (Å²) in [4.78, 5) is 16.7. The second kappa shape index (κ2) is 10.5. The standard InChI is InChI=1S/C14H22N4O2S2/c1-17(2)10-12-4-5-16-13(8-12)11-22-7-6-15-9-14(21-3)18(19)20/h4-5,8-9,15H,6-7,10-11H2,1-3H3. The number of thioether (sulfide) groups is 2. The van der Waals surface area contributed by atoms with E-state index in [9.17, 15) is 10.1 Å². The van der Waals surface area contributed by atoms with Crippen LogP contribution in [0.5, 0.6) is 0 Å². The summed E-state index contributed by atoms with van der Waals surface area (Å²) in [6, 6.07) is 4.15. The van der Waals surface area contributed by atoms with Gasteiger partial charge in [-0.3, -0.25) is 15.1 Å². The highest BCUT2D eigenvalue weighted by Gasteiger charge is 2.06. The van der Waals surface area contributed by atoms with E-state index in [1.165, 1.54) is 11.8 Å². The van der Waals surface area contributed by atoms with Gasteiger partial charge in [0.05, 0.1) is 16.8 Å². The minimum absolute atomic E-state index is 0.128. The summed E-state index contributed by atoms with van der Waals surface area (Å²) in [5.41, 5.74) is 2.32. The topological polar surface area (TPSA) is 71.3 Å². The maximum Gasteiger partial charge on any atom is 0.318 e. The molecule has 1 heterocycles. The molecule has 0 saturated heterocycles. The number of nitrogens with zero attached hydrogens (tertiary/aromatic N) is 3. The first-order chi connectivity index (χ1) is 10.5. The molecular weight excluding hydrogens is 320 g/mol. The van der Waals surface area contributed by atoms with Crippen LogP contribution in [0.2, 0.25) is 0 Å². The summed E-state index contributed by atoms with van der Waals surface area (Å²) in [7, 11) is 4.09. The fraction of sp³-hybridized carbons (Fsp3) is 0.500. The van der Waals surface area contributed by atoms with Crippen LogP contribution in [0.1, 0.15) is 11.3 Å². The molecule has 0 saturated carbocycles. The first-order valence-electron chi connectivity index (χ1n) is 6.81. The number of hydrogen-bond donors (Lipinski definition) is 1. The molecule has 0 bridgehead atoms. The fourth-order valence-electron chi connectivity index (χ4n) is 1.72. The molecule has 1 aromatic rings. The lowest BCUT2D eigenvalue weighted by Crippen LogP contribution is -2.12. The van der Waals surface area contributed by atoms with Gasteiger partial charge in [-0.25, -0.2) is 0 Å². The van der Waals surface area contributed by atoms with Crippen LogP contribution in [0.4, 0.5) is 0 Å². The number of nitrogens with one attached hydrogen (secondary N) is 1. The SMILES string of the molecule is CSC(=CNCCSCc1cc(CN(C)C)ccn1)[N+](=O)[O-]. The Bertz CT molecular complexity index is 509. The Labute approximate surface area is 139 Å². The molecular formula is C14H22N4O2S2. The summed E-state index contributed by atoms with van der Waals surface area (Å²) in [5.74, 6) is 1.72. The van der Waals surface area contributed by atoms with Crippen molar-refractivity contribution in [3.63, 3.8) is 0 Å². The Balaban J connectivity index is 2.29. The molecule has 22 heavy (non-hydrogen) atoms. The number of nitro groups is 1. The third-order valence-corrected chi connectivity index (χ3v) is 4.31. The number of hydrogen-bond acceptors (Lipinski definition) is 7. The predicted molar refractivity (Wildman–Crippen MR) is 94.4 cm³/mol. The van der Waals surface area contributed by atoms with Gasteiger partial charge in [-0.05, 0) is 38.0 Å². The fourth-order valence-corrected chi connectivity index (χ4v) is 2.85. The first-order valence-corrected chi connectivity index (χ1v) is 9.19. The summed E-state index contributed by atoms with van der Waals surface area (Å²) in [6.45, 7) is 1.60. The predicted octanol–water partition coefficient (Wildman–Crippen LogP) is 2.40. The van der Waals surface area contributed by atoms with Gasteiger partial charge in [0.1, 0.15) is 0 Å². The van der Waals surface area contributed by atoms with Crippen molar-refractivity contribution in [2.75, 3.05) is 32.6 Å². The van der Waals surface area contributed by atoms with Gasteiger partial charge in [-0.2, -0.15) is 11.8 Å². The van der Waals surface area contributed by atoms with E-state index in [0.717, 1.165) is 35.5 Å². The Hall–Kier alpha value is -1.25. The van der Waals surface area contributed by atoms with E-state index in [0.29, 0.717) is 6.54 Å². The molecule has 8 heteroatoms. The summed E-state index contributed by atoms with van der Waals surface area (Å²) in [5, 5.41) is 13.7. The minimum atomic E-state index is -0.384. The maximum atomic E-state index is 10.6. The van der Waals surface area contributed by atoms with Crippen molar-refractivity contribution in [1.29, 1.82) is 0 Å². The molecule has 0 atom stereocenters. The van der Waals surface area contributed by atoms with Crippen molar-refractivity contribution in [2.45, 2.75) is 12.3 Å². The van der Waals surface area contributed by atoms with E-state index in [4.69, 9.17) is 0 Å². The van der Waals surface area contributed by atoms with Crippen molar-refractivity contribution >= 4 is 23.5 Å². The molecule has 0 radical (unpaired) electrons. The third kappa shape index (κ3) is 7.67. The quantitative estimate of drug-likeness (QED) is 0.398. The minimum Gasteiger partial charge on any atom is -0.384 e. The lowest BCUT2D eigenvalue weighted by Gasteiger charge is -2.10. The molecule has 0 aromatic carbocycles. The molecule has 0 spiro atoms. The zero-order valence-electron chi connectivity index (χ0n) is 13.1. The van der Waals surface area contributed by atoms with Crippen LogP contribution in [0.25, 0.3) is 0 Å². The van der Waals surface area contributed by atoms with E-state index in [1.807, 2.05) is 26.4 Å². The van der Waals surface area contributed by atoms with Crippen molar-refractivity contribution in [2.24, 2.45) is 0 Å². The molecule has 1 rings (SSSR count). The Morgan fingerprint density at radius 3 is 2.95 bits per heavy atom. The number of rotatable bonds is 10. The van der Waals surface area contributed by atoms with Crippen molar-refractivity contribution < 1.29 is 4.92 Å². The average Bonchev–Trinajstić information content (AvgIpc) is 2.45. The number of aromatic nitrogens is 1. The molecule has 0 aliphatic heterocycles. The van der Waals surface area contributed by atoms with E-state index in [2.05, 4.69) is 21.3 Å². The zero-order chi connectivity index (χ0) is 16.4. The molecule has 0 aliphatic carbocycles.